The van der Waals surface area contributed by atoms with E-state index in [-0.39, 0.29) is 0 Å². The van der Waals surface area contributed by atoms with Gasteiger partial charge in [-0.05, 0) is 94.7 Å². The van der Waals surface area contributed by atoms with E-state index in [0.29, 0.717) is 0 Å². The molecular weight excluding hydrogens is 561 g/mol. The van der Waals surface area contributed by atoms with Crippen LogP contribution >= 0.6 is 11.3 Å². The molecule has 0 unspecified atom stereocenters. The Hall–Kier alpha value is -5.50. The molecule has 45 heavy (non-hydrogen) atoms. The molecule has 0 aliphatic rings. The molecule has 10 rings (SSSR count). The largest absolute Gasteiger partial charge is 0.135 e. The minimum absolute atomic E-state index is 1.24. The van der Waals surface area contributed by atoms with Gasteiger partial charge >= 0.3 is 0 Å². The van der Waals surface area contributed by atoms with Gasteiger partial charge in [0.2, 0.25) is 0 Å². The fourth-order valence-corrected chi connectivity index (χ4v) is 8.59. The van der Waals surface area contributed by atoms with Crippen molar-refractivity contribution in [1.29, 1.82) is 0 Å². The Balaban J connectivity index is 1.14. The van der Waals surface area contributed by atoms with Gasteiger partial charge in [-0.3, -0.25) is 0 Å². The lowest BCUT2D eigenvalue weighted by atomic mass is 9.87. The Morgan fingerprint density at radius 1 is 0.289 bits per heavy atom. The highest BCUT2D eigenvalue weighted by atomic mass is 32.1. The van der Waals surface area contributed by atoms with Gasteiger partial charge in [0.05, 0.1) is 0 Å². The van der Waals surface area contributed by atoms with E-state index in [1.54, 1.807) is 0 Å². The summed E-state index contributed by atoms with van der Waals surface area (Å²) in [6.45, 7) is 0. The first-order valence-electron chi connectivity index (χ1n) is 15.5. The fraction of sp³-hybridized carbons (Fsp3) is 0. The average Bonchev–Trinajstić information content (AvgIpc) is 3.48. The van der Waals surface area contributed by atoms with Crippen LogP contribution in [0, 0.1) is 0 Å². The van der Waals surface area contributed by atoms with Crippen LogP contribution in [-0.2, 0) is 0 Å². The molecule has 0 saturated carbocycles. The molecule has 0 radical (unpaired) electrons. The third kappa shape index (κ3) is 3.72. The second-order valence-corrected chi connectivity index (χ2v) is 13.1. The number of rotatable bonds is 3. The van der Waals surface area contributed by atoms with Crippen LogP contribution in [0.4, 0.5) is 0 Å². The van der Waals surface area contributed by atoms with Gasteiger partial charge in [0.25, 0.3) is 0 Å². The molecule has 0 aliphatic heterocycles. The molecule has 0 spiro atoms. The van der Waals surface area contributed by atoms with Crippen molar-refractivity contribution in [3.8, 4) is 33.4 Å². The SMILES string of the molecule is c1ccc2c(-c3ccc(-c4ccc5ccc6c(-c7ccc8sc9ccccc9c8c7)ccc7ccc4c5c76)cc3)cccc2c1. The zero-order chi connectivity index (χ0) is 29.5. The highest BCUT2D eigenvalue weighted by molar-refractivity contribution is 7.25. The first kappa shape index (κ1) is 24.9. The number of thiophene rings is 1. The van der Waals surface area contributed by atoms with Crippen LogP contribution in [0.3, 0.4) is 0 Å². The molecule has 1 aromatic heterocycles. The Labute approximate surface area is 264 Å². The zero-order valence-electron chi connectivity index (χ0n) is 24.4. The summed E-state index contributed by atoms with van der Waals surface area (Å²) in [6.07, 6.45) is 0. The molecule has 0 aliphatic carbocycles. The summed E-state index contributed by atoms with van der Waals surface area (Å²) in [7, 11) is 0. The summed E-state index contributed by atoms with van der Waals surface area (Å²) >= 11 is 1.87. The van der Waals surface area contributed by atoms with E-state index < -0.39 is 0 Å². The van der Waals surface area contributed by atoms with Crippen molar-refractivity contribution >= 4 is 74.6 Å². The Bertz CT molecular complexity index is 2740. The predicted molar refractivity (Wildman–Crippen MR) is 197 cm³/mol. The highest BCUT2D eigenvalue weighted by Crippen LogP contribution is 2.44. The fourth-order valence-electron chi connectivity index (χ4n) is 7.50. The second kappa shape index (κ2) is 9.50. The first-order valence-corrected chi connectivity index (χ1v) is 16.3. The van der Waals surface area contributed by atoms with Crippen molar-refractivity contribution in [1.82, 2.24) is 0 Å². The third-order valence-corrected chi connectivity index (χ3v) is 10.8. The lowest BCUT2D eigenvalue weighted by molar-refractivity contribution is 1.63. The van der Waals surface area contributed by atoms with Gasteiger partial charge in [-0.1, -0.05) is 140 Å². The van der Waals surface area contributed by atoms with Crippen LogP contribution < -0.4 is 0 Å². The van der Waals surface area contributed by atoms with Crippen LogP contribution in [0.25, 0.3) is 96.6 Å². The summed E-state index contributed by atoms with van der Waals surface area (Å²) in [4.78, 5) is 0. The van der Waals surface area contributed by atoms with Crippen LogP contribution in [0.15, 0.2) is 158 Å². The summed E-state index contributed by atoms with van der Waals surface area (Å²) in [6, 6.07) is 58.5. The van der Waals surface area contributed by atoms with E-state index in [2.05, 4.69) is 158 Å². The zero-order valence-corrected chi connectivity index (χ0v) is 25.2. The van der Waals surface area contributed by atoms with E-state index in [1.807, 2.05) is 11.3 Å². The molecule has 1 heterocycles. The maximum Gasteiger partial charge on any atom is 0.0355 e. The monoisotopic (exact) mass is 586 g/mol. The number of hydrogen-bond acceptors (Lipinski definition) is 1. The molecule has 0 nitrogen and oxygen atoms in total. The van der Waals surface area contributed by atoms with Crippen LogP contribution in [0.2, 0.25) is 0 Å². The Kier molecular flexibility index (Phi) is 5.25. The van der Waals surface area contributed by atoms with E-state index in [0.717, 1.165) is 0 Å². The van der Waals surface area contributed by atoms with Gasteiger partial charge in [-0.15, -0.1) is 11.3 Å². The van der Waals surface area contributed by atoms with Crippen molar-refractivity contribution in [2.45, 2.75) is 0 Å². The van der Waals surface area contributed by atoms with Crippen LogP contribution in [0.5, 0.6) is 0 Å². The molecule has 9 aromatic carbocycles. The number of hydrogen-bond donors (Lipinski definition) is 0. The topological polar surface area (TPSA) is 0 Å². The van der Waals surface area contributed by atoms with E-state index in [4.69, 9.17) is 0 Å². The quantitative estimate of drug-likeness (QED) is 0.181. The number of benzene rings is 9. The van der Waals surface area contributed by atoms with E-state index in [9.17, 15) is 0 Å². The van der Waals surface area contributed by atoms with Gasteiger partial charge < -0.3 is 0 Å². The second-order valence-electron chi connectivity index (χ2n) is 12.1. The summed E-state index contributed by atoms with van der Waals surface area (Å²) in [5, 5.41) is 13.1. The van der Waals surface area contributed by atoms with Crippen molar-refractivity contribution in [3.63, 3.8) is 0 Å². The van der Waals surface area contributed by atoms with Crippen LogP contribution in [0.1, 0.15) is 0 Å². The Morgan fingerprint density at radius 2 is 0.822 bits per heavy atom. The van der Waals surface area contributed by atoms with Crippen molar-refractivity contribution in [3.05, 3.63) is 158 Å². The molecule has 0 bridgehead atoms. The molecular formula is C44H26S. The molecule has 0 saturated heterocycles. The summed E-state index contributed by atoms with van der Waals surface area (Å²) < 4.78 is 2.69. The lowest BCUT2D eigenvalue weighted by Crippen LogP contribution is -1.89. The van der Waals surface area contributed by atoms with Gasteiger partial charge in [0.1, 0.15) is 0 Å². The van der Waals surface area contributed by atoms with E-state index >= 15 is 0 Å². The maximum atomic E-state index is 2.39. The third-order valence-electron chi connectivity index (χ3n) is 9.65. The highest BCUT2D eigenvalue weighted by Gasteiger charge is 2.16. The first-order chi connectivity index (χ1) is 22.3. The predicted octanol–water partition coefficient (Wildman–Crippen LogP) is 13.1. The van der Waals surface area contributed by atoms with Crippen molar-refractivity contribution in [2.24, 2.45) is 0 Å². The van der Waals surface area contributed by atoms with Gasteiger partial charge in [0, 0.05) is 20.2 Å². The molecule has 0 N–H and O–H groups in total. The van der Waals surface area contributed by atoms with Gasteiger partial charge in [-0.25, -0.2) is 0 Å². The average molecular weight is 587 g/mol. The molecule has 0 atom stereocenters. The van der Waals surface area contributed by atoms with Gasteiger partial charge in [0.15, 0.2) is 0 Å². The minimum atomic E-state index is 1.24. The van der Waals surface area contributed by atoms with Crippen molar-refractivity contribution < 1.29 is 0 Å². The normalized spacial score (nSPS) is 12.0. The molecule has 0 fully saturated rings. The number of fused-ring (bicyclic) bond motifs is 4. The molecule has 1 heteroatoms. The Morgan fingerprint density at radius 3 is 1.56 bits per heavy atom. The standard InChI is InChI=1S/C44H26S/c1-2-8-33-27(6-1)7-5-10-34(33)28-12-14-29(15-13-28)35-21-16-30-19-24-39-36(22-17-31-18-23-38(35)43(30)44(31)39)32-20-25-42-40(26-32)37-9-3-4-11-41(37)45-42/h1-26H. The lowest BCUT2D eigenvalue weighted by Gasteiger charge is -2.17. The maximum absolute atomic E-state index is 2.39. The molecule has 0 amide bonds. The smallest absolute Gasteiger partial charge is 0.0355 e. The van der Waals surface area contributed by atoms with E-state index in [1.165, 1.54) is 96.6 Å². The van der Waals surface area contributed by atoms with Crippen molar-refractivity contribution in [2.75, 3.05) is 0 Å². The van der Waals surface area contributed by atoms with Gasteiger partial charge in [-0.2, -0.15) is 0 Å². The van der Waals surface area contributed by atoms with Crippen LogP contribution in [-0.4, -0.2) is 0 Å². The molecule has 10 aromatic rings. The minimum Gasteiger partial charge on any atom is -0.135 e. The molecule has 208 valence electrons. The summed E-state index contributed by atoms with van der Waals surface area (Å²) in [5.74, 6) is 0. The summed E-state index contributed by atoms with van der Waals surface area (Å²) in [5.41, 5.74) is 7.60.